The summed E-state index contributed by atoms with van der Waals surface area (Å²) in [5.74, 6) is 0.582. The Bertz CT molecular complexity index is 570. The summed E-state index contributed by atoms with van der Waals surface area (Å²) in [5, 5.41) is 12.0. The smallest absolute Gasteiger partial charge is 0.118 e. The molecule has 1 aromatic carbocycles. The maximum absolute atomic E-state index is 8.83. The average molecular weight is 321 g/mol. The highest BCUT2D eigenvalue weighted by Gasteiger charge is 2.14. The van der Waals surface area contributed by atoms with Crippen molar-refractivity contribution in [1.82, 2.24) is 4.98 Å². The summed E-state index contributed by atoms with van der Waals surface area (Å²) in [6, 6.07) is 11.3. The summed E-state index contributed by atoms with van der Waals surface area (Å²) in [4.78, 5) is 4.31. The van der Waals surface area contributed by atoms with Crippen LogP contribution < -0.4 is 4.74 Å². The van der Waals surface area contributed by atoms with Crippen LogP contribution in [0.4, 0.5) is 0 Å². The number of rotatable bonds is 4. The number of nitrogens with zero attached hydrogens (tertiary/aromatic N) is 2. The maximum Gasteiger partial charge on any atom is 0.118 e. The fourth-order valence-corrected chi connectivity index (χ4v) is 2.16. The lowest BCUT2D eigenvalue weighted by atomic mass is 9.96. The number of hydrogen-bond donors (Lipinski definition) is 1. The van der Waals surface area contributed by atoms with Gasteiger partial charge in [-0.05, 0) is 29.8 Å². The fraction of sp³-hybridized carbons (Fsp3) is 0.143. The molecule has 0 saturated carbocycles. The van der Waals surface area contributed by atoms with Gasteiger partial charge in [-0.2, -0.15) is 0 Å². The van der Waals surface area contributed by atoms with Crippen molar-refractivity contribution < 1.29 is 9.94 Å². The lowest BCUT2D eigenvalue weighted by molar-refractivity contribution is 0.320. The van der Waals surface area contributed by atoms with Crippen LogP contribution in [0.3, 0.4) is 0 Å². The van der Waals surface area contributed by atoms with E-state index in [9.17, 15) is 0 Å². The van der Waals surface area contributed by atoms with Gasteiger partial charge in [0.15, 0.2) is 0 Å². The van der Waals surface area contributed by atoms with E-state index < -0.39 is 0 Å². The molecule has 1 aromatic heterocycles. The van der Waals surface area contributed by atoms with Crippen LogP contribution in [-0.2, 0) is 0 Å². The van der Waals surface area contributed by atoms with Crippen LogP contribution in [0.25, 0.3) is 0 Å². The van der Waals surface area contributed by atoms with Gasteiger partial charge in [0, 0.05) is 10.7 Å². The third kappa shape index (κ3) is 3.32. The second-order valence-corrected chi connectivity index (χ2v) is 4.83. The van der Waals surface area contributed by atoms with Gasteiger partial charge < -0.3 is 9.94 Å². The van der Waals surface area contributed by atoms with Crippen molar-refractivity contribution in [2.75, 3.05) is 7.11 Å². The molecule has 1 N–H and O–H groups in total. The second kappa shape index (κ2) is 6.33. The van der Waals surface area contributed by atoms with E-state index in [1.165, 1.54) is 6.21 Å². The first kappa shape index (κ1) is 13.5. The molecule has 0 amide bonds. The average Bonchev–Trinajstić information content (AvgIpc) is 2.45. The van der Waals surface area contributed by atoms with Crippen LogP contribution >= 0.6 is 15.9 Å². The summed E-state index contributed by atoms with van der Waals surface area (Å²) in [5.41, 5.74) is 1.78. The molecular formula is C14H13BrN2O2. The molecule has 19 heavy (non-hydrogen) atoms. The minimum atomic E-state index is -0.201. The predicted molar refractivity (Wildman–Crippen MR) is 77.1 cm³/mol. The largest absolute Gasteiger partial charge is 0.497 e. The molecule has 4 nitrogen and oxygen atoms in total. The number of benzene rings is 1. The normalized spacial score (nSPS) is 12.5. The van der Waals surface area contributed by atoms with E-state index in [4.69, 9.17) is 9.94 Å². The number of ether oxygens (including phenoxy) is 1. The summed E-state index contributed by atoms with van der Waals surface area (Å²) in [7, 11) is 1.62. The Kier molecular flexibility index (Phi) is 4.52. The highest BCUT2D eigenvalue weighted by molar-refractivity contribution is 9.10. The molecule has 0 saturated heterocycles. The molecule has 2 rings (SSSR count). The van der Waals surface area contributed by atoms with Crippen molar-refractivity contribution >= 4 is 22.1 Å². The molecule has 0 radical (unpaired) electrons. The van der Waals surface area contributed by atoms with Gasteiger partial charge in [0.05, 0.1) is 24.9 Å². The van der Waals surface area contributed by atoms with Gasteiger partial charge in [-0.15, -0.1) is 5.16 Å². The highest BCUT2D eigenvalue weighted by Crippen LogP contribution is 2.25. The Morgan fingerprint density at radius 1 is 1.32 bits per heavy atom. The molecule has 0 aliphatic carbocycles. The minimum absolute atomic E-state index is 0.201. The van der Waals surface area contributed by atoms with E-state index in [1.54, 1.807) is 13.3 Å². The fourth-order valence-electron chi connectivity index (χ4n) is 1.80. The quantitative estimate of drug-likeness (QED) is 0.533. The highest BCUT2D eigenvalue weighted by atomic mass is 79.9. The van der Waals surface area contributed by atoms with E-state index in [0.29, 0.717) is 0 Å². The molecular weight excluding hydrogens is 308 g/mol. The third-order valence-corrected chi connectivity index (χ3v) is 3.25. The van der Waals surface area contributed by atoms with E-state index in [1.807, 2.05) is 36.4 Å². The van der Waals surface area contributed by atoms with Crippen LogP contribution in [0.2, 0.25) is 0 Å². The van der Waals surface area contributed by atoms with Gasteiger partial charge in [-0.3, -0.25) is 4.98 Å². The molecule has 98 valence electrons. The summed E-state index contributed by atoms with van der Waals surface area (Å²) < 4.78 is 6.06. The molecule has 5 heteroatoms. The topological polar surface area (TPSA) is 54.7 Å². The Hall–Kier alpha value is -1.88. The van der Waals surface area contributed by atoms with Gasteiger partial charge in [0.2, 0.25) is 0 Å². The zero-order chi connectivity index (χ0) is 13.7. The molecule has 0 bridgehead atoms. The molecule has 1 heterocycles. The SMILES string of the molecule is COc1ccc(C(C=NO)c2cc(Br)ccn2)cc1. The first-order valence-electron chi connectivity index (χ1n) is 5.67. The van der Waals surface area contributed by atoms with Gasteiger partial charge >= 0.3 is 0 Å². The summed E-state index contributed by atoms with van der Waals surface area (Å²) >= 11 is 3.41. The Balaban J connectivity index is 2.39. The van der Waals surface area contributed by atoms with Crippen LogP contribution in [0.5, 0.6) is 5.75 Å². The molecule has 0 fully saturated rings. The van der Waals surface area contributed by atoms with Crippen molar-refractivity contribution in [3.63, 3.8) is 0 Å². The van der Waals surface area contributed by atoms with Crippen molar-refractivity contribution in [3.05, 3.63) is 58.3 Å². The molecule has 0 aliphatic heterocycles. The first-order chi connectivity index (χ1) is 9.24. The van der Waals surface area contributed by atoms with E-state index in [2.05, 4.69) is 26.1 Å². The molecule has 1 unspecified atom stereocenters. The number of pyridine rings is 1. The van der Waals surface area contributed by atoms with Crippen molar-refractivity contribution in [3.8, 4) is 5.75 Å². The summed E-state index contributed by atoms with van der Waals surface area (Å²) in [6.07, 6.45) is 3.16. The monoisotopic (exact) mass is 320 g/mol. The van der Waals surface area contributed by atoms with Crippen LogP contribution in [0.15, 0.2) is 52.2 Å². The standard InChI is InChI=1S/C14H13BrN2O2/c1-19-12-4-2-10(3-5-12)13(9-17-18)14-8-11(15)6-7-16-14/h2-9,13,18H,1H3. The minimum Gasteiger partial charge on any atom is -0.497 e. The number of methoxy groups -OCH3 is 1. The van der Waals surface area contributed by atoms with E-state index >= 15 is 0 Å². The van der Waals surface area contributed by atoms with E-state index in [-0.39, 0.29) is 5.92 Å². The van der Waals surface area contributed by atoms with Gasteiger partial charge in [0.1, 0.15) is 5.75 Å². The Labute approximate surface area is 119 Å². The molecule has 1 atom stereocenters. The Morgan fingerprint density at radius 3 is 2.63 bits per heavy atom. The van der Waals surface area contributed by atoms with Crippen LogP contribution in [-0.4, -0.2) is 23.5 Å². The maximum atomic E-state index is 8.83. The second-order valence-electron chi connectivity index (χ2n) is 3.91. The lowest BCUT2D eigenvalue weighted by Gasteiger charge is -2.12. The predicted octanol–water partition coefficient (Wildman–Crippen LogP) is 3.44. The number of hydrogen-bond acceptors (Lipinski definition) is 4. The lowest BCUT2D eigenvalue weighted by Crippen LogP contribution is -2.05. The van der Waals surface area contributed by atoms with Crippen molar-refractivity contribution in [2.24, 2.45) is 5.16 Å². The Morgan fingerprint density at radius 2 is 2.05 bits per heavy atom. The van der Waals surface area contributed by atoms with E-state index in [0.717, 1.165) is 21.5 Å². The molecule has 0 aliphatic rings. The first-order valence-corrected chi connectivity index (χ1v) is 6.47. The van der Waals surface area contributed by atoms with Gasteiger partial charge in [-0.25, -0.2) is 0 Å². The summed E-state index contributed by atoms with van der Waals surface area (Å²) in [6.45, 7) is 0. The number of halogens is 1. The van der Waals surface area contributed by atoms with Crippen molar-refractivity contribution in [1.29, 1.82) is 0 Å². The number of oxime groups is 1. The molecule has 2 aromatic rings. The van der Waals surface area contributed by atoms with Gasteiger partial charge in [0.25, 0.3) is 0 Å². The van der Waals surface area contributed by atoms with Gasteiger partial charge in [-0.1, -0.05) is 28.1 Å². The van der Waals surface area contributed by atoms with Crippen LogP contribution in [0, 0.1) is 0 Å². The third-order valence-electron chi connectivity index (χ3n) is 2.75. The van der Waals surface area contributed by atoms with Crippen LogP contribution in [0.1, 0.15) is 17.2 Å². The zero-order valence-electron chi connectivity index (χ0n) is 10.3. The number of aromatic nitrogens is 1. The van der Waals surface area contributed by atoms with Crippen molar-refractivity contribution in [2.45, 2.75) is 5.92 Å². The molecule has 0 spiro atoms. The zero-order valence-corrected chi connectivity index (χ0v) is 11.9.